The van der Waals surface area contributed by atoms with Crippen LogP contribution < -0.4 is 5.32 Å². The molecule has 7 heteroatoms. The first-order valence-corrected chi connectivity index (χ1v) is 8.25. The number of aromatic amines is 1. The number of amides is 1. The lowest BCUT2D eigenvalue weighted by Crippen LogP contribution is -2.26. The van der Waals surface area contributed by atoms with Crippen LogP contribution in [-0.2, 0) is 6.42 Å². The quantitative estimate of drug-likeness (QED) is 0.579. The van der Waals surface area contributed by atoms with Crippen molar-refractivity contribution in [2.45, 2.75) is 6.42 Å². The number of hydrogen-bond donors (Lipinski definition) is 2. The first-order chi connectivity index (χ1) is 12.8. The van der Waals surface area contributed by atoms with Crippen LogP contribution in [0.15, 0.2) is 61.1 Å². The summed E-state index contributed by atoms with van der Waals surface area (Å²) in [6, 6.07) is 13.1. The lowest BCUT2D eigenvalue weighted by Gasteiger charge is -2.06. The smallest absolute Gasteiger partial charge is 0.253 e. The number of H-pyrrole nitrogens is 1. The number of carbonyl (C=O) groups excluding carboxylic acids is 1. The van der Waals surface area contributed by atoms with Crippen molar-refractivity contribution in [3.63, 3.8) is 0 Å². The lowest BCUT2D eigenvalue weighted by molar-refractivity contribution is 0.0955. The van der Waals surface area contributed by atoms with Gasteiger partial charge in [0, 0.05) is 42.5 Å². The van der Waals surface area contributed by atoms with Crippen LogP contribution >= 0.6 is 0 Å². The molecule has 0 aliphatic carbocycles. The minimum Gasteiger partial charge on any atom is -0.352 e. The summed E-state index contributed by atoms with van der Waals surface area (Å²) in [7, 11) is 0. The molecule has 0 atom stereocenters. The molecule has 26 heavy (non-hydrogen) atoms. The number of hydrogen-bond acceptors (Lipinski definition) is 5. The Bertz CT molecular complexity index is 1040. The Balaban J connectivity index is 1.40. The van der Waals surface area contributed by atoms with Crippen LogP contribution in [-0.4, -0.2) is 37.6 Å². The fourth-order valence-electron chi connectivity index (χ4n) is 2.71. The fraction of sp³-hybridized carbons (Fsp3) is 0.105. The second-order valence-corrected chi connectivity index (χ2v) is 5.73. The van der Waals surface area contributed by atoms with Crippen LogP contribution in [0.5, 0.6) is 0 Å². The summed E-state index contributed by atoms with van der Waals surface area (Å²) in [6.45, 7) is 0.448. The van der Waals surface area contributed by atoms with Gasteiger partial charge in [-0.25, -0.2) is 4.98 Å². The molecule has 0 saturated heterocycles. The summed E-state index contributed by atoms with van der Waals surface area (Å²) < 4.78 is 0. The van der Waals surface area contributed by atoms with E-state index in [1.54, 1.807) is 24.7 Å². The average molecular weight is 344 g/mol. The zero-order chi connectivity index (χ0) is 17.8. The van der Waals surface area contributed by atoms with Gasteiger partial charge in [0.15, 0.2) is 5.82 Å². The van der Waals surface area contributed by atoms with Crippen LogP contribution in [0.3, 0.4) is 0 Å². The highest BCUT2D eigenvalue weighted by Crippen LogP contribution is 2.16. The summed E-state index contributed by atoms with van der Waals surface area (Å²) in [6.07, 6.45) is 5.65. The SMILES string of the molecule is O=C(NCCc1nc(-c2cccnc2)n[nH]1)c1cccc2cccnc12. The molecule has 3 heterocycles. The number of nitrogens with one attached hydrogen (secondary N) is 2. The van der Waals surface area contributed by atoms with Crippen LogP contribution in [0.4, 0.5) is 0 Å². The number of nitrogens with zero attached hydrogens (tertiary/aromatic N) is 4. The van der Waals surface area contributed by atoms with E-state index in [0.717, 1.165) is 10.9 Å². The predicted octanol–water partition coefficient (Wildman–Crippen LogP) is 2.39. The highest BCUT2D eigenvalue weighted by molar-refractivity contribution is 6.05. The molecule has 4 aromatic rings. The maximum atomic E-state index is 12.5. The maximum absolute atomic E-state index is 12.5. The molecule has 0 unspecified atom stereocenters. The van der Waals surface area contributed by atoms with Gasteiger partial charge in [-0.1, -0.05) is 18.2 Å². The summed E-state index contributed by atoms with van der Waals surface area (Å²) in [5.74, 6) is 1.15. The van der Waals surface area contributed by atoms with Crippen LogP contribution in [0.25, 0.3) is 22.3 Å². The molecule has 4 rings (SSSR count). The molecule has 0 fully saturated rings. The molecule has 3 aromatic heterocycles. The Morgan fingerprint density at radius 3 is 2.85 bits per heavy atom. The van der Waals surface area contributed by atoms with Crippen molar-refractivity contribution in [3.05, 3.63) is 72.4 Å². The number of fused-ring (bicyclic) bond motifs is 1. The number of pyridine rings is 2. The van der Waals surface area contributed by atoms with Crippen molar-refractivity contribution in [1.29, 1.82) is 0 Å². The van der Waals surface area contributed by atoms with Crippen molar-refractivity contribution < 1.29 is 4.79 Å². The van der Waals surface area contributed by atoms with E-state index in [1.165, 1.54) is 0 Å². The monoisotopic (exact) mass is 344 g/mol. The number of carbonyl (C=O) groups is 1. The lowest BCUT2D eigenvalue weighted by atomic mass is 10.1. The van der Waals surface area contributed by atoms with Crippen LogP contribution in [0.2, 0.25) is 0 Å². The van der Waals surface area contributed by atoms with Gasteiger partial charge >= 0.3 is 0 Å². The highest BCUT2D eigenvalue weighted by atomic mass is 16.1. The van der Waals surface area contributed by atoms with Gasteiger partial charge < -0.3 is 5.32 Å². The molecule has 0 bridgehead atoms. The summed E-state index contributed by atoms with van der Waals surface area (Å²) in [5.41, 5.74) is 2.11. The van der Waals surface area contributed by atoms with Crippen molar-refractivity contribution in [3.8, 4) is 11.4 Å². The van der Waals surface area contributed by atoms with E-state index in [0.29, 0.717) is 35.7 Å². The fourth-order valence-corrected chi connectivity index (χ4v) is 2.71. The third-order valence-electron chi connectivity index (χ3n) is 3.98. The van der Waals surface area contributed by atoms with Gasteiger partial charge in [-0.3, -0.25) is 19.9 Å². The van der Waals surface area contributed by atoms with Gasteiger partial charge in [-0.15, -0.1) is 0 Å². The zero-order valence-corrected chi connectivity index (χ0v) is 13.9. The van der Waals surface area contributed by atoms with E-state index in [4.69, 9.17) is 0 Å². The van der Waals surface area contributed by atoms with Gasteiger partial charge in [0.05, 0.1) is 11.1 Å². The van der Waals surface area contributed by atoms with Crippen molar-refractivity contribution in [1.82, 2.24) is 30.5 Å². The average Bonchev–Trinajstić information content (AvgIpc) is 3.17. The number of para-hydroxylation sites is 1. The zero-order valence-electron chi connectivity index (χ0n) is 13.9. The maximum Gasteiger partial charge on any atom is 0.253 e. The van der Waals surface area contributed by atoms with Crippen LogP contribution in [0, 0.1) is 0 Å². The van der Waals surface area contributed by atoms with Crippen LogP contribution in [0.1, 0.15) is 16.2 Å². The highest BCUT2D eigenvalue weighted by Gasteiger charge is 2.11. The van der Waals surface area contributed by atoms with E-state index in [1.807, 2.05) is 36.4 Å². The molecule has 2 N–H and O–H groups in total. The molecule has 0 saturated carbocycles. The Morgan fingerprint density at radius 2 is 1.96 bits per heavy atom. The second-order valence-electron chi connectivity index (χ2n) is 5.73. The summed E-state index contributed by atoms with van der Waals surface area (Å²) in [5, 5.41) is 10.9. The third kappa shape index (κ3) is 3.27. The standard InChI is InChI=1S/C19H16N6O/c26-19(15-7-1-4-13-5-3-10-21-17(13)15)22-11-8-16-23-18(25-24-16)14-6-2-9-20-12-14/h1-7,9-10,12H,8,11H2,(H,22,26)(H,23,24,25). The molecule has 0 aliphatic rings. The Hall–Kier alpha value is -3.61. The summed E-state index contributed by atoms with van der Waals surface area (Å²) >= 11 is 0. The first-order valence-electron chi connectivity index (χ1n) is 8.25. The Kier molecular flexibility index (Phi) is 4.34. The number of rotatable bonds is 5. The topological polar surface area (TPSA) is 96.5 Å². The third-order valence-corrected chi connectivity index (χ3v) is 3.98. The van der Waals surface area contributed by atoms with Crippen molar-refractivity contribution >= 4 is 16.8 Å². The molecule has 0 radical (unpaired) electrons. The number of aromatic nitrogens is 5. The van der Waals surface area contributed by atoms with E-state index < -0.39 is 0 Å². The molecular formula is C19H16N6O. The number of benzene rings is 1. The van der Waals surface area contributed by atoms with Crippen molar-refractivity contribution in [2.75, 3.05) is 6.54 Å². The van der Waals surface area contributed by atoms with E-state index in [2.05, 4.69) is 30.5 Å². The Labute approximate surface area is 149 Å². The van der Waals surface area contributed by atoms with Crippen molar-refractivity contribution in [2.24, 2.45) is 0 Å². The Morgan fingerprint density at radius 1 is 1.08 bits per heavy atom. The molecule has 0 spiro atoms. The minimum atomic E-state index is -0.152. The minimum absolute atomic E-state index is 0.152. The molecule has 128 valence electrons. The molecule has 0 aliphatic heterocycles. The van der Waals surface area contributed by atoms with Gasteiger partial charge in [0.2, 0.25) is 0 Å². The molecule has 1 amide bonds. The van der Waals surface area contributed by atoms with Gasteiger partial charge in [0.1, 0.15) is 5.82 Å². The molecule has 1 aromatic carbocycles. The molecular weight excluding hydrogens is 328 g/mol. The van der Waals surface area contributed by atoms with Gasteiger partial charge in [-0.05, 0) is 24.3 Å². The molecule has 7 nitrogen and oxygen atoms in total. The second kappa shape index (κ2) is 7.10. The first kappa shape index (κ1) is 15.9. The summed E-state index contributed by atoms with van der Waals surface area (Å²) in [4.78, 5) is 25.3. The van der Waals surface area contributed by atoms with E-state index in [-0.39, 0.29) is 5.91 Å². The van der Waals surface area contributed by atoms with Gasteiger partial charge in [-0.2, -0.15) is 5.10 Å². The van der Waals surface area contributed by atoms with Gasteiger partial charge in [0.25, 0.3) is 5.91 Å². The van der Waals surface area contributed by atoms with E-state index >= 15 is 0 Å². The predicted molar refractivity (Wildman–Crippen MR) is 97.4 cm³/mol. The van der Waals surface area contributed by atoms with E-state index in [9.17, 15) is 4.79 Å². The normalized spacial score (nSPS) is 10.8. The largest absolute Gasteiger partial charge is 0.352 e.